The topological polar surface area (TPSA) is 49.4 Å². The van der Waals surface area contributed by atoms with Crippen molar-refractivity contribution in [2.45, 2.75) is 44.2 Å². The third kappa shape index (κ3) is 2.28. The first-order valence-corrected chi connectivity index (χ1v) is 7.10. The van der Waals surface area contributed by atoms with Gasteiger partial charge in [0.2, 0.25) is 0 Å². The maximum Gasteiger partial charge on any atom is 0.325 e. The first-order valence-electron chi connectivity index (χ1n) is 7.10. The van der Waals surface area contributed by atoms with Gasteiger partial charge in [0.1, 0.15) is 5.54 Å². The number of carbonyl (C=O) groups excluding carboxylic acids is 2. The Bertz CT molecular complexity index is 597. The van der Waals surface area contributed by atoms with Crippen molar-refractivity contribution in [2.24, 2.45) is 0 Å². The van der Waals surface area contributed by atoms with E-state index in [9.17, 15) is 18.4 Å². The summed E-state index contributed by atoms with van der Waals surface area (Å²) in [6, 6.07) is 3.23. The van der Waals surface area contributed by atoms with Crippen LogP contribution in [-0.4, -0.2) is 22.4 Å². The molecule has 112 valence electrons. The number of nitrogens with one attached hydrogen (secondary N) is 1. The van der Waals surface area contributed by atoms with Crippen LogP contribution in [0.4, 0.5) is 13.6 Å². The molecule has 0 radical (unpaired) electrons. The lowest BCUT2D eigenvalue weighted by atomic mass is 9.82. The molecule has 2 fully saturated rings. The highest BCUT2D eigenvalue weighted by Gasteiger charge is 2.51. The van der Waals surface area contributed by atoms with Crippen molar-refractivity contribution < 1.29 is 18.4 Å². The number of benzene rings is 1. The minimum absolute atomic E-state index is 0.00589. The summed E-state index contributed by atoms with van der Waals surface area (Å²) in [6.07, 6.45) is 4.03. The summed E-state index contributed by atoms with van der Waals surface area (Å²) in [5.41, 5.74) is -0.828. The smallest absolute Gasteiger partial charge is 0.323 e. The van der Waals surface area contributed by atoms with E-state index in [2.05, 4.69) is 5.32 Å². The fraction of sp³-hybridized carbons (Fsp3) is 0.467. The lowest BCUT2D eigenvalue weighted by molar-refractivity contribution is -0.132. The lowest BCUT2D eigenvalue weighted by Crippen LogP contribution is -2.48. The maximum absolute atomic E-state index is 13.7. The van der Waals surface area contributed by atoms with E-state index in [-0.39, 0.29) is 18.0 Å². The molecule has 1 aliphatic heterocycles. The Morgan fingerprint density at radius 1 is 1.14 bits per heavy atom. The van der Waals surface area contributed by atoms with Gasteiger partial charge in [-0.1, -0.05) is 31.4 Å². The maximum atomic E-state index is 13.7. The summed E-state index contributed by atoms with van der Waals surface area (Å²) in [5, 5.41) is 2.74. The van der Waals surface area contributed by atoms with Crippen LogP contribution in [0.2, 0.25) is 0 Å². The minimum atomic E-state index is -1.01. The minimum Gasteiger partial charge on any atom is -0.323 e. The van der Waals surface area contributed by atoms with E-state index in [1.54, 1.807) is 0 Å². The molecule has 1 aliphatic carbocycles. The number of hydrogen-bond donors (Lipinski definition) is 1. The Hall–Kier alpha value is -1.98. The van der Waals surface area contributed by atoms with Crippen LogP contribution in [0, 0.1) is 11.6 Å². The molecule has 0 bridgehead atoms. The predicted octanol–water partition coefficient (Wildman–Crippen LogP) is 2.72. The lowest BCUT2D eigenvalue weighted by Gasteiger charge is -2.30. The number of amides is 3. The largest absolute Gasteiger partial charge is 0.325 e. The highest BCUT2D eigenvalue weighted by Crippen LogP contribution is 2.34. The molecule has 1 aromatic carbocycles. The Morgan fingerprint density at radius 3 is 2.57 bits per heavy atom. The Kier molecular flexibility index (Phi) is 3.39. The van der Waals surface area contributed by atoms with Gasteiger partial charge >= 0.3 is 6.03 Å². The quantitative estimate of drug-likeness (QED) is 0.853. The van der Waals surface area contributed by atoms with E-state index in [0.29, 0.717) is 12.8 Å². The van der Waals surface area contributed by atoms with E-state index in [1.807, 2.05) is 0 Å². The Labute approximate surface area is 121 Å². The summed E-state index contributed by atoms with van der Waals surface area (Å²) >= 11 is 0. The van der Waals surface area contributed by atoms with Crippen LogP contribution >= 0.6 is 0 Å². The molecular formula is C15H16F2N2O2. The summed E-state index contributed by atoms with van der Waals surface area (Å²) < 4.78 is 26.9. The van der Waals surface area contributed by atoms with Gasteiger partial charge in [0.05, 0.1) is 6.54 Å². The number of hydrogen-bond acceptors (Lipinski definition) is 2. The third-order valence-electron chi connectivity index (χ3n) is 4.31. The Morgan fingerprint density at radius 2 is 1.86 bits per heavy atom. The van der Waals surface area contributed by atoms with Crippen LogP contribution in [0.25, 0.3) is 0 Å². The van der Waals surface area contributed by atoms with E-state index < -0.39 is 23.2 Å². The molecule has 2 aliphatic rings. The van der Waals surface area contributed by atoms with E-state index in [1.165, 1.54) is 12.1 Å². The van der Waals surface area contributed by atoms with E-state index >= 15 is 0 Å². The highest BCUT2D eigenvalue weighted by molar-refractivity contribution is 6.07. The number of rotatable bonds is 2. The molecule has 6 heteroatoms. The second kappa shape index (κ2) is 5.09. The molecule has 1 spiro atoms. The van der Waals surface area contributed by atoms with Crippen molar-refractivity contribution in [1.29, 1.82) is 0 Å². The molecule has 4 nitrogen and oxygen atoms in total. The fourth-order valence-corrected chi connectivity index (χ4v) is 3.15. The number of urea groups is 1. The van der Waals surface area contributed by atoms with Gasteiger partial charge < -0.3 is 5.32 Å². The third-order valence-corrected chi connectivity index (χ3v) is 4.31. The zero-order valence-corrected chi connectivity index (χ0v) is 11.5. The van der Waals surface area contributed by atoms with Crippen LogP contribution < -0.4 is 5.32 Å². The van der Waals surface area contributed by atoms with Crippen LogP contribution in [0.1, 0.15) is 37.7 Å². The Balaban J connectivity index is 1.84. The second-order valence-electron chi connectivity index (χ2n) is 5.68. The number of imide groups is 1. The molecule has 0 atom stereocenters. The summed E-state index contributed by atoms with van der Waals surface area (Å²) in [7, 11) is 0. The molecule has 0 unspecified atom stereocenters. The van der Waals surface area contributed by atoms with Crippen LogP contribution in [-0.2, 0) is 11.3 Å². The van der Waals surface area contributed by atoms with Crippen LogP contribution in [0.15, 0.2) is 18.2 Å². The molecular weight excluding hydrogens is 278 g/mol. The average molecular weight is 294 g/mol. The molecule has 1 heterocycles. The van der Waals surface area contributed by atoms with Gasteiger partial charge in [-0.2, -0.15) is 0 Å². The normalized spacial score (nSPS) is 21.0. The predicted molar refractivity (Wildman–Crippen MR) is 71.3 cm³/mol. The summed E-state index contributed by atoms with van der Waals surface area (Å²) in [5.74, 6) is -2.31. The first kappa shape index (κ1) is 14.0. The average Bonchev–Trinajstić information content (AvgIpc) is 2.69. The second-order valence-corrected chi connectivity index (χ2v) is 5.68. The van der Waals surface area contributed by atoms with Crippen molar-refractivity contribution in [3.8, 4) is 0 Å². The molecule has 1 saturated heterocycles. The molecule has 3 amide bonds. The molecule has 0 aromatic heterocycles. The molecule has 1 aromatic rings. The number of nitrogens with zero attached hydrogens (tertiary/aromatic N) is 1. The van der Waals surface area contributed by atoms with Gasteiger partial charge in [-0.25, -0.2) is 13.6 Å². The number of carbonyl (C=O) groups is 2. The molecule has 21 heavy (non-hydrogen) atoms. The van der Waals surface area contributed by atoms with Crippen molar-refractivity contribution in [3.05, 3.63) is 35.4 Å². The summed E-state index contributed by atoms with van der Waals surface area (Å²) in [4.78, 5) is 25.5. The van der Waals surface area contributed by atoms with Gasteiger partial charge in [-0.3, -0.25) is 9.69 Å². The fourth-order valence-electron chi connectivity index (χ4n) is 3.15. The standard InChI is InChI=1S/C15H16F2N2O2/c16-11-6-4-5-10(12(11)17)9-19-13(20)15(18-14(19)21)7-2-1-3-8-15/h4-6H,1-3,7-9H2,(H,18,21). The van der Waals surface area contributed by atoms with E-state index in [4.69, 9.17) is 0 Å². The molecule has 1 N–H and O–H groups in total. The van der Waals surface area contributed by atoms with Crippen LogP contribution in [0.3, 0.4) is 0 Å². The monoisotopic (exact) mass is 294 g/mol. The summed E-state index contributed by atoms with van der Waals surface area (Å²) in [6.45, 7) is -0.240. The SMILES string of the molecule is O=C1NC2(CCCCC2)C(=O)N1Cc1cccc(F)c1F. The first-order chi connectivity index (χ1) is 10.0. The van der Waals surface area contributed by atoms with Gasteiger partial charge in [0, 0.05) is 5.56 Å². The van der Waals surface area contributed by atoms with Crippen molar-refractivity contribution in [1.82, 2.24) is 10.2 Å². The van der Waals surface area contributed by atoms with Crippen molar-refractivity contribution in [2.75, 3.05) is 0 Å². The van der Waals surface area contributed by atoms with Crippen LogP contribution in [0.5, 0.6) is 0 Å². The zero-order valence-electron chi connectivity index (χ0n) is 11.5. The molecule has 3 rings (SSSR count). The van der Waals surface area contributed by atoms with E-state index in [0.717, 1.165) is 30.2 Å². The molecule has 1 saturated carbocycles. The van der Waals surface area contributed by atoms with Gasteiger partial charge in [0.25, 0.3) is 5.91 Å². The van der Waals surface area contributed by atoms with Gasteiger partial charge in [0.15, 0.2) is 11.6 Å². The van der Waals surface area contributed by atoms with Crippen molar-refractivity contribution in [3.63, 3.8) is 0 Å². The van der Waals surface area contributed by atoms with Crippen molar-refractivity contribution >= 4 is 11.9 Å². The van der Waals surface area contributed by atoms with Gasteiger partial charge in [-0.15, -0.1) is 0 Å². The highest BCUT2D eigenvalue weighted by atomic mass is 19.2. The number of halogens is 2. The zero-order chi connectivity index (χ0) is 15.0. The van der Waals surface area contributed by atoms with Gasteiger partial charge in [-0.05, 0) is 18.9 Å².